The molecule has 1 aliphatic rings. The molecule has 3 rings (SSSR count). The van der Waals surface area contributed by atoms with Crippen molar-refractivity contribution >= 4 is 33.2 Å². The van der Waals surface area contributed by atoms with Gasteiger partial charge < -0.3 is 0 Å². The molecule has 1 aromatic carbocycles. The van der Waals surface area contributed by atoms with E-state index in [9.17, 15) is 13.6 Å². The van der Waals surface area contributed by atoms with Crippen molar-refractivity contribution in [3.63, 3.8) is 0 Å². The fraction of sp³-hybridized carbons (Fsp3) is 0.176. The number of nitrogens with zero attached hydrogens (tertiary/aromatic N) is 2. The molecule has 0 fully saturated rings. The van der Waals surface area contributed by atoms with Crippen LogP contribution in [0.15, 0.2) is 40.5 Å². The van der Waals surface area contributed by atoms with Crippen LogP contribution in [0.5, 0.6) is 0 Å². The summed E-state index contributed by atoms with van der Waals surface area (Å²) in [7, 11) is 0. The van der Waals surface area contributed by atoms with Crippen molar-refractivity contribution in [3.05, 3.63) is 63.3 Å². The molecule has 1 aromatic heterocycles. The normalized spacial score (nSPS) is 13.5. The molecule has 0 radical (unpaired) electrons. The number of allylic oxidation sites excluding steroid dienone is 1. The quantitative estimate of drug-likeness (QED) is 0.722. The lowest BCUT2D eigenvalue weighted by Gasteiger charge is -2.16. The van der Waals surface area contributed by atoms with Crippen molar-refractivity contribution < 1.29 is 13.6 Å². The number of halogens is 3. The Balaban J connectivity index is 2.05. The topological polar surface area (TPSA) is 33.2 Å². The number of pyridine rings is 1. The number of carbonyl (C=O) groups is 1. The van der Waals surface area contributed by atoms with Crippen molar-refractivity contribution in [2.45, 2.75) is 20.4 Å². The zero-order chi connectivity index (χ0) is 16.7. The van der Waals surface area contributed by atoms with Gasteiger partial charge in [-0.3, -0.25) is 9.69 Å². The lowest BCUT2D eigenvalue weighted by Crippen LogP contribution is -2.26. The second-order valence-electron chi connectivity index (χ2n) is 5.54. The number of anilines is 1. The van der Waals surface area contributed by atoms with Gasteiger partial charge in [0, 0.05) is 21.8 Å². The van der Waals surface area contributed by atoms with E-state index in [2.05, 4.69) is 20.9 Å². The Bertz CT molecular complexity index is 844. The minimum Gasteiger partial charge on any atom is -0.288 e. The van der Waals surface area contributed by atoms with Gasteiger partial charge in [0.05, 0.1) is 6.54 Å². The van der Waals surface area contributed by atoms with Gasteiger partial charge >= 0.3 is 0 Å². The van der Waals surface area contributed by atoms with Crippen LogP contribution in [-0.4, -0.2) is 10.9 Å². The van der Waals surface area contributed by atoms with E-state index < -0.39 is 11.6 Å². The molecule has 0 unspecified atom stereocenters. The maximum absolute atomic E-state index is 13.4. The first-order valence-corrected chi connectivity index (χ1v) is 7.77. The minimum absolute atomic E-state index is 0.133. The van der Waals surface area contributed by atoms with Gasteiger partial charge in [0.25, 0.3) is 5.91 Å². The molecule has 0 N–H and O–H groups in total. The van der Waals surface area contributed by atoms with E-state index in [4.69, 9.17) is 0 Å². The highest BCUT2D eigenvalue weighted by atomic mass is 79.9. The van der Waals surface area contributed by atoms with Crippen LogP contribution in [0.2, 0.25) is 0 Å². The molecule has 1 amide bonds. The van der Waals surface area contributed by atoms with Crippen LogP contribution >= 0.6 is 15.9 Å². The summed E-state index contributed by atoms with van der Waals surface area (Å²) in [6.45, 7) is 3.85. The van der Waals surface area contributed by atoms with Gasteiger partial charge in [0.1, 0.15) is 5.82 Å². The Morgan fingerprint density at radius 1 is 1.22 bits per heavy atom. The summed E-state index contributed by atoms with van der Waals surface area (Å²) in [6.07, 6.45) is 1.61. The fourth-order valence-electron chi connectivity index (χ4n) is 2.63. The number of rotatable bonds is 2. The highest BCUT2D eigenvalue weighted by Crippen LogP contribution is 2.39. The summed E-state index contributed by atoms with van der Waals surface area (Å²) in [4.78, 5) is 18.5. The smallest absolute Gasteiger partial charge is 0.260 e. The molecular formula is C17H13BrF2N2O. The van der Waals surface area contributed by atoms with Gasteiger partial charge in [-0.15, -0.1) is 0 Å². The zero-order valence-corrected chi connectivity index (χ0v) is 14.1. The zero-order valence-electron chi connectivity index (χ0n) is 12.5. The number of aromatic nitrogens is 1. The third-order valence-electron chi connectivity index (χ3n) is 3.64. The molecule has 1 aliphatic heterocycles. The van der Waals surface area contributed by atoms with Crippen molar-refractivity contribution in [3.8, 4) is 0 Å². The molecule has 3 nitrogen and oxygen atoms in total. The minimum atomic E-state index is -0.930. The van der Waals surface area contributed by atoms with E-state index in [-0.39, 0.29) is 12.5 Å². The first kappa shape index (κ1) is 15.8. The third-order valence-corrected chi connectivity index (χ3v) is 4.08. The van der Waals surface area contributed by atoms with Crippen molar-refractivity contribution in [2.75, 3.05) is 4.90 Å². The lowest BCUT2D eigenvalue weighted by atomic mass is 10.1. The first-order valence-electron chi connectivity index (χ1n) is 6.97. The molecule has 23 heavy (non-hydrogen) atoms. The second kappa shape index (κ2) is 5.85. The molecule has 0 aliphatic carbocycles. The summed E-state index contributed by atoms with van der Waals surface area (Å²) in [5, 5.41) is 0. The molecule has 2 heterocycles. The van der Waals surface area contributed by atoms with Crippen molar-refractivity contribution in [2.24, 2.45) is 0 Å². The fourth-order valence-corrected chi connectivity index (χ4v) is 2.96. The molecule has 0 atom stereocenters. The Morgan fingerprint density at radius 3 is 2.61 bits per heavy atom. The van der Waals surface area contributed by atoms with Crippen molar-refractivity contribution in [1.29, 1.82) is 0 Å². The summed E-state index contributed by atoms with van der Waals surface area (Å²) < 4.78 is 27.2. The number of hydrogen-bond acceptors (Lipinski definition) is 2. The SMILES string of the molecule is CC(C)=C1C(=O)N(Cc2ccc(F)c(F)c2)c2ncc(Br)cc21. The standard InChI is InChI=1S/C17H13BrF2N2O/c1-9(2)15-12-6-11(18)7-21-16(12)22(17(15)23)8-10-3-4-13(19)14(20)5-10/h3-7H,8H2,1-2H3. The monoisotopic (exact) mass is 378 g/mol. The Kier molecular flexibility index (Phi) is 4.02. The van der Waals surface area contributed by atoms with Crippen LogP contribution in [0.3, 0.4) is 0 Å². The summed E-state index contributed by atoms with van der Waals surface area (Å²) in [6, 6.07) is 5.46. The first-order chi connectivity index (χ1) is 10.9. The number of hydrogen-bond donors (Lipinski definition) is 0. The molecule has 118 valence electrons. The van der Waals surface area contributed by atoms with Crippen LogP contribution < -0.4 is 4.90 Å². The Hall–Kier alpha value is -2.08. The van der Waals surface area contributed by atoms with Gasteiger partial charge in [-0.1, -0.05) is 11.6 Å². The predicted octanol–water partition coefficient (Wildman–Crippen LogP) is 4.46. The average Bonchev–Trinajstić information content (AvgIpc) is 2.74. The number of carbonyl (C=O) groups excluding carboxylic acids is 1. The Morgan fingerprint density at radius 2 is 1.96 bits per heavy atom. The van der Waals surface area contributed by atoms with Gasteiger partial charge in [0.2, 0.25) is 0 Å². The van der Waals surface area contributed by atoms with E-state index >= 15 is 0 Å². The van der Waals surface area contributed by atoms with E-state index in [0.29, 0.717) is 17.0 Å². The highest BCUT2D eigenvalue weighted by Gasteiger charge is 2.34. The Labute approximate surface area is 140 Å². The molecule has 0 saturated carbocycles. The van der Waals surface area contributed by atoms with Crippen LogP contribution in [0.25, 0.3) is 5.57 Å². The van der Waals surface area contributed by atoms with Gasteiger partial charge in [-0.2, -0.15) is 0 Å². The van der Waals surface area contributed by atoms with E-state index in [1.807, 2.05) is 19.9 Å². The average molecular weight is 379 g/mol. The number of fused-ring (bicyclic) bond motifs is 1. The number of amides is 1. The van der Waals surface area contributed by atoms with Crippen LogP contribution in [0.4, 0.5) is 14.6 Å². The van der Waals surface area contributed by atoms with Gasteiger partial charge in [-0.25, -0.2) is 13.8 Å². The maximum atomic E-state index is 13.4. The highest BCUT2D eigenvalue weighted by molar-refractivity contribution is 9.10. The molecule has 0 spiro atoms. The molecule has 0 saturated heterocycles. The summed E-state index contributed by atoms with van der Waals surface area (Å²) in [5.41, 5.74) is 2.72. The molecule has 0 bridgehead atoms. The molecule has 2 aromatic rings. The predicted molar refractivity (Wildman–Crippen MR) is 87.8 cm³/mol. The van der Waals surface area contributed by atoms with E-state index in [0.717, 1.165) is 27.7 Å². The molecule has 6 heteroatoms. The van der Waals surface area contributed by atoms with Gasteiger partial charge in [0.15, 0.2) is 11.6 Å². The van der Waals surface area contributed by atoms with Crippen LogP contribution in [-0.2, 0) is 11.3 Å². The van der Waals surface area contributed by atoms with E-state index in [1.54, 1.807) is 6.20 Å². The number of benzene rings is 1. The van der Waals surface area contributed by atoms with Crippen LogP contribution in [0.1, 0.15) is 25.0 Å². The van der Waals surface area contributed by atoms with E-state index in [1.165, 1.54) is 11.0 Å². The van der Waals surface area contributed by atoms with Crippen molar-refractivity contribution in [1.82, 2.24) is 4.98 Å². The summed E-state index contributed by atoms with van der Waals surface area (Å²) >= 11 is 3.36. The lowest BCUT2D eigenvalue weighted by molar-refractivity contribution is -0.113. The summed E-state index contributed by atoms with van der Waals surface area (Å²) in [5.74, 6) is -1.50. The van der Waals surface area contributed by atoms with Crippen LogP contribution in [0, 0.1) is 11.6 Å². The molecular weight excluding hydrogens is 366 g/mol. The second-order valence-corrected chi connectivity index (χ2v) is 6.46. The third kappa shape index (κ3) is 2.79. The largest absolute Gasteiger partial charge is 0.288 e. The van der Waals surface area contributed by atoms with Gasteiger partial charge in [-0.05, 0) is 53.5 Å². The maximum Gasteiger partial charge on any atom is 0.260 e.